The zero-order valence-electron chi connectivity index (χ0n) is 11.8. The molecule has 4 heteroatoms. The second kappa shape index (κ2) is 3.53. The molecule has 0 aromatic carbocycles. The molecule has 1 aliphatic carbocycles. The van der Waals surface area contributed by atoms with Crippen molar-refractivity contribution in [2.24, 2.45) is 11.8 Å². The minimum absolute atomic E-state index is 0.00123. The van der Waals surface area contributed by atoms with E-state index in [0.29, 0.717) is 18.1 Å². The van der Waals surface area contributed by atoms with Crippen LogP contribution in [0.5, 0.6) is 0 Å². The maximum absolute atomic E-state index is 11.9. The number of hydrogen-bond acceptors (Lipinski definition) is 4. The van der Waals surface area contributed by atoms with Crippen LogP contribution in [0.4, 0.5) is 0 Å². The lowest BCUT2D eigenvalue weighted by atomic mass is 9.79. The normalized spacial score (nSPS) is 59.5. The van der Waals surface area contributed by atoms with Gasteiger partial charge in [-0.15, -0.1) is 0 Å². The largest absolute Gasteiger partial charge is 0.462 e. The molecule has 19 heavy (non-hydrogen) atoms. The van der Waals surface area contributed by atoms with Crippen molar-refractivity contribution in [2.45, 2.75) is 76.0 Å². The van der Waals surface area contributed by atoms with Crippen LogP contribution in [0.1, 0.15) is 46.5 Å². The summed E-state index contributed by atoms with van der Waals surface area (Å²) >= 11 is 0. The van der Waals surface area contributed by atoms with E-state index < -0.39 is 0 Å². The number of carbonyl (C=O) groups excluding carboxylic acids is 1. The first-order valence-electron chi connectivity index (χ1n) is 7.47. The molecule has 106 valence electrons. The summed E-state index contributed by atoms with van der Waals surface area (Å²) in [6.07, 6.45) is 4.58. The molecule has 0 aromatic rings. The molecule has 4 aliphatic rings. The van der Waals surface area contributed by atoms with E-state index in [0.717, 1.165) is 25.7 Å². The van der Waals surface area contributed by atoms with Crippen LogP contribution in [0.25, 0.3) is 0 Å². The maximum Gasteiger partial charge on any atom is 0.309 e. The van der Waals surface area contributed by atoms with E-state index in [1.807, 2.05) is 6.92 Å². The van der Waals surface area contributed by atoms with E-state index in [2.05, 4.69) is 13.8 Å². The van der Waals surface area contributed by atoms with Gasteiger partial charge in [0.1, 0.15) is 6.10 Å². The fourth-order valence-electron chi connectivity index (χ4n) is 4.10. The van der Waals surface area contributed by atoms with E-state index in [9.17, 15) is 4.79 Å². The molecule has 3 heterocycles. The Hall–Kier alpha value is -0.610. The smallest absolute Gasteiger partial charge is 0.309 e. The molecule has 7 atom stereocenters. The SMILES string of the molecule is C[C@@H]1C(=O)O[C@H]2C[C@@]3(C)O[C@@H]3CC[C@@]3(C)O[C@@H]3C[C@@H]21. The molecule has 4 rings (SSSR count). The van der Waals surface area contributed by atoms with Gasteiger partial charge >= 0.3 is 5.97 Å². The minimum atomic E-state index is -0.0780. The lowest BCUT2D eigenvalue weighted by molar-refractivity contribution is -0.144. The monoisotopic (exact) mass is 266 g/mol. The molecule has 3 saturated heterocycles. The molecule has 0 N–H and O–H groups in total. The van der Waals surface area contributed by atoms with Crippen molar-refractivity contribution in [2.75, 3.05) is 0 Å². The molecule has 0 unspecified atom stereocenters. The summed E-state index contributed by atoms with van der Waals surface area (Å²) in [6.45, 7) is 6.34. The van der Waals surface area contributed by atoms with Gasteiger partial charge in [-0.1, -0.05) is 6.92 Å². The molecule has 0 bridgehead atoms. The van der Waals surface area contributed by atoms with Crippen molar-refractivity contribution in [1.29, 1.82) is 0 Å². The van der Waals surface area contributed by atoms with Gasteiger partial charge in [-0.2, -0.15) is 0 Å². The van der Waals surface area contributed by atoms with Crippen molar-refractivity contribution < 1.29 is 19.0 Å². The van der Waals surface area contributed by atoms with Crippen molar-refractivity contribution in [1.82, 2.24) is 0 Å². The number of fused-ring (bicyclic) bond motifs is 3. The van der Waals surface area contributed by atoms with E-state index in [1.165, 1.54) is 0 Å². The number of hydrogen-bond donors (Lipinski definition) is 0. The summed E-state index contributed by atoms with van der Waals surface area (Å²) in [7, 11) is 0. The lowest BCUT2D eigenvalue weighted by Gasteiger charge is -2.22. The summed E-state index contributed by atoms with van der Waals surface area (Å²) in [6, 6.07) is 0. The highest BCUT2D eigenvalue weighted by molar-refractivity contribution is 5.74. The molecule has 3 aliphatic heterocycles. The molecule has 1 saturated carbocycles. The predicted molar refractivity (Wildman–Crippen MR) is 67.6 cm³/mol. The zero-order chi connectivity index (χ0) is 13.4. The van der Waals surface area contributed by atoms with E-state index >= 15 is 0 Å². The first-order chi connectivity index (χ1) is 8.91. The molecule has 4 fully saturated rings. The van der Waals surface area contributed by atoms with Gasteiger partial charge in [0.25, 0.3) is 0 Å². The lowest BCUT2D eigenvalue weighted by Crippen LogP contribution is -2.30. The molecule has 0 amide bonds. The average Bonchev–Trinajstić information content (AvgIpc) is 3.15. The number of carbonyl (C=O) groups is 1. The molecular weight excluding hydrogens is 244 g/mol. The average molecular weight is 266 g/mol. The summed E-state index contributed by atoms with van der Waals surface area (Å²) in [4.78, 5) is 11.9. The highest BCUT2D eigenvalue weighted by Gasteiger charge is 2.62. The Labute approximate surface area is 113 Å². The first-order valence-corrected chi connectivity index (χ1v) is 7.47. The van der Waals surface area contributed by atoms with Crippen LogP contribution in [0.15, 0.2) is 0 Å². The topological polar surface area (TPSA) is 51.4 Å². The molecular formula is C15H22O4. The van der Waals surface area contributed by atoms with Gasteiger partial charge in [-0.05, 0) is 33.1 Å². The number of ether oxygens (including phenoxy) is 3. The second-order valence-electron chi connectivity index (χ2n) is 7.24. The van der Waals surface area contributed by atoms with Crippen molar-refractivity contribution in [3.05, 3.63) is 0 Å². The molecule has 4 nitrogen and oxygen atoms in total. The summed E-state index contributed by atoms with van der Waals surface area (Å²) in [5, 5.41) is 0. The Kier molecular flexibility index (Phi) is 2.26. The standard InChI is InChI=1S/C15H22O4/c1-8-9-6-12-14(2,19-12)5-4-11-15(3,18-11)7-10(9)17-13(8)16/h8-12H,4-7H2,1-3H3/t8-,9+,10-,11+,12+,14+,15+/m0/s1. The van der Waals surface area contributed by atoms with Crippen LogP contribution in [0.2, 0.25) is 0 Å². The highest BCUT2D eigenvalue weighted by Crippen LogP contribution is 2.54. The zero-order valence-corrected chi connectivity index (χ0v) is 11.8. The number of esters is 1. The molecule has 0 aromatic heterocycles. The van der Waals surface area contributed by atoms with Crippen LogP contribution >= 0.6 is 0 Å². The van der Waals surface area contributed by atoms with Gasteiger partial charge in [0, 0.05) is 12.3 Å². The van der Waals surface area contributed by atoms with Crippen molar-refractivity contribution in [3.63, 3.8) is 0 Å². The van der Waals surface area contributed by atoms with E-state index in [4.69, 9.17) is 14.2 Å². The Balaban J connectivity index is 1.60. The fourth-order valence-corrected chi connectivity index (χ4v) is 4.10. The summed E-state index contributed by atoms with van der Waals surface area (Å²) < 4.78 is 17.4. The number of epoxide rings is 2. The third-order valence-corrected chi connectivity index (χ3v) is 5.83. The number of rotatable bonds is 0. The van der Waals surface area contributed by atoms with Gasteiger partial charge in [0.2, 0.25) is 0 Å². The Morgan fingerprint density at radius 3 is 2.68 bits per heavy atom. The van der Waals surface area contributed by atoms with E-state index in [-0.39, 0.29) is 29.2 Å². The third-order valence-electron chi connectivity index (χ3n) is 5.83. The summed E-state index contributed by atoms with van der Waals surface area (Å²) in [5.74, 6) is 0.246. The van der Waals surface area contributed by atoms with Gasteiger partial charge in [0.05, 0.1) is 29.3 Å². The predicted octanol–water partition coefficient (Wildman–Crippen LogP) is 2.05. The highest BCUT2D eigenvalue weighted by atomic mass is 16.6. The fraction of sp³-hybridized carbons (Fsp3) is 0.933. The van der Waals surface area contributed by atoms with Crippen molar-refractivity contribution >= 4 is 5.97 Å². The van der Waals surface area contributed by atoms with Crippen LogP contribution in [0, 0.1) is 11.8 Å². The summed E-state index contributed by atoms with van der Waals surface area (Å²) in [5.41, 5.74) is -0.0640. The Morgan fingerprint density at radius 2 is 1.89 bits per heavy atom. The van der Waals surface area contributed by atoms with Gasteiger partial charge in [-0.25, -0.2) is 0 Å². The van der Waals surface area contributed by atoms with Crippen LogP contribution in [-0.2, 0) is 19.0 Å². The molecule has 0 radical (unpaired) electrons. The minimum Gasteiger partial charge on any atom is -0.462 e. The second-order valence-corrected chi connectivity index (χ2v) is 7.24. The first kappa shape index (κ1) is 12.2. The molecule has 0 spiro atoms. The van der Waals surface area contributed by atoms with Crippen LogP contribution in [-0.4, -0.2) is 35.5 Å². The van der Waals surface area contributed by atoms with Gasteiger partial charge in [0.15, 0.2) is 0 Å². The Morgan fingerprint density at radius 1 is 1.16 bits per heavy atom. The van der Waals surface area contributed by atoms with Gasteiger partial charge in [-0.3, -0.25) is 4.79 Å². The van der Waals surface area contributed by atoms with Gasteiger partial charge < -0.3 is 14.2 Å². The Bertz CT molecular complexity index is 436. The van der Waals surface area contributed by atoms with Crippen molar-refractivity contribution in [3.8, 4) is 0 Å². The van der Waals surface area contributed by atoms with Crippen LogP contribution < -0.4 is 0 Å². The maximum atomic E-state index is 11.9. The van der Waals surface area contributed by atoms with Crippen LogP contribution in [0.3, 0.4) is 0 Å². The van der Waals surface area contributed by atoms with E-state index in [1.54, 1.807) is 0 Å². The quantitative estimate of drug-likeness (QED) is 0.497. The third kappa shape index (κ3) is 1.76.